The molecule has 2 fully saturated rings. The van der Waals surface area contributed by atoms with Gasteiger partial charge in [0.2, 0.25) is 53.2 Å². The lowest BCUT2D eigenvalue weighted by molar-refractivity contribution is -0.142. The van der Waals surface area contributed by atoms with Gasteiger partial charge in [-0.1, -0.05) is 67.8 Å². The number of hydrogen-bond acceptors (Lipinski definition) is 15. The molecular formula is C47H72N10O12S2. The maximum Gasteiger partial charge on any atom is 0.246 e. The van der Waals surface area contributed by atoms with Crippen molar-refractivity contribution in [2.24, 2.45) is 35.0 Å². The van der Waals surface area contributed by atoms with E-state index >= 15 is 0 Å². The standard InChI is InChI=1S/C47H72N10O12S2/c1-7-26(4)41-46(68)51-30(14-16-38(48)61)37(60)21-28(22-40(50)63)42(64)54-33(47(69)57-18-8-9-34(57)44(66)52-31(19-25(2)3)36(59)15-17-39(49)62)23-70-71-24-35(56(5)6)45(67)53-32(43(65)55-41)20-27-10-12-29(58)13-11-27/h10-13,25-26,28,30-35,41,58H,7-9,14-24H2,1-6H3,(H2,48,61)(H2,49,62)(H2,50,63)(H,51,68)(H,52,66)(H,53,67)(H,54,64)(H,55,65)/t26-,28-,30-,31-,32-,33-,34-,35-,41-/m0/s1. The molecule has 1 aromatic rings. The number of amides is 9. The molecule has 3 rings (SSSR count). The predicted molar refractivity (Wildman–Crippen MR) is 266 cm³/mol. The maximum absolute atomic E-state index is 14.6. The first kappa shape index (κ1) is 59.6. The summed E-state index contributed by atoms with van der Waals surface area (Å²) < 4.78 is 0. The van der Waals surface area contributed by atoms with E-state index in [1.165, 1.54) is 27.8 Å². The van der Waals surface area contributed by atoms with Gasteiger partial charge in [-0.15, -0.1) is 0 Å². The van der Waals surface area contributed by atoms with Crippen molar-refractivity contribution in [2.45, 2.75) is 141 Å². The largest absolute Gasteiger partial charge is 0.508 e. The topological polar surface area (TPSA) is 353 Å². The zero-order valence-corrected chi connectivity index (χ0v) is 43.0. The Kier molecular flexibility index (Phi) is 24.3. The molecule has 2 aliphatic rings. The molecule has 0 aliphatic carbocycles. The van der Waals surface area contributed by atoms with Crippen molar-refractivity contribution < 1.29 is 57.8 Å². The fourth-order valence-corrected chi connectivity index (χ4v) is 10.6. The van der Waals surface area contributed by atoms with Crippen LogP contribution in [0, 0.1) is 17.8 Å². The summed E-state index contributed by atoms with van der Waals surface area (Å²) in [5.41, 5.74) is 16.9. The number of Topliss-reactive ketones (excluding diaryl/α,β-unsaturated/α-hetero) is 2. The Morgan fingerprint density at radius 2 is 1.44 bits per heavy atom. The summed E-state index contributed by atoms with van der Waals surface area (Å²) in [6.45, 7) is 7.27. The molecule has 2 heterocycles. The van der Waals surface area contributed by atoms with Crippen molar-refractivity contribution >= 4 is 86.3 Å². The summed E-state index contributed by atoms with van der Waals surface area (Å²) in [6, 6.07) is -2.31. The Hall–Kier alpha value is -5.75. The molecule has 0 aromatic heterocycles. The molecule has 0 saturated carbocycles. The molecule has 0 unspecified atom stereocenters. The van der Waals surface area contributed by atoms with Crippen LogP contribution in [0.15, 0.2) is 24.3 Å². The Labute approximate surface area is 422 Å². The van der Waals surface area contributed by atoms with Gasteiger partial charge in [0.25, 0.3) is 0 Å². The first-order chi connectivity index (χ1) is 33.4. The Morgan fingerprint density at radius 1 is 0.803 bits per heavy atom. The van der Waals surface area contributed by atoms with Crippen LogP contribution in [0.4, 0.5) is 0 Å². The lowest BCUT2D eigenvalue weighted by atomic mass is 9.91. The molecule has 394 valence electrons. The molecular weight excluding hydrogens is 961 g/mol. The molecule has 0 bridgehead atoms. The summed E-state index contributed by atoms with van der Waals surface area (Å²) in [5.74, 6) is -10.2. The van der Waals surface area contributed by atoms with Crippen molar-refractivity contribution in [1.82, 2.24) is 36.4 Å². The van der Waals surface area contributed by atoms with Crippen molar-refractivity contribution in [1.29, 1.82) is 0 Å². The third-order valence-electron chi connectivity index (χ3n) is 12.4. The fraction of sp³-hybridized carbons (Fsp3) is 0.638. The third-order valence-corrected chi connectivity index (χ3v) is 14.8. The molecule has 22 nitrogen and oxygen atoms in total. The summed E-state index contributed by atoms with van der Waals surface area (Å²) >= 11 is 0. The number of nitrogens with one attached hydrogen (secondary N) is 5. The van der Waals surface area contributed by atoms with Gasteiger partial charge >= 0.3 is 0 Å². The number of hydrogen-bond donors (Lipinski definition) is 9. The first-order valence-electron chi connectivity index (χ1n) is 23.8. The van der Waals surface area contributed by atoms with Crippen LogP contribution in [0.1, 0.15) is 97.5 Å². The molecule has 71 heavy (non-hydrogen) atoms. The highest BCUT2D eigenvalue weighted by atomic mass is 33.1. The number of phenolic OH excluding ortho intramolecular Hbond substituents is 1. The van der Waals surface area contributed by atoms with Gasteiger partial charge in [-0.2, -0.15) is 0 Å². The monoisotopic (exact) mass is 1030 g/mol. The zero-order chi connectivity index (χ0) is 53.1. The second kappa shape index (κ2) is 28.9. The number of carbonyl (C=O) groups excluding carboxylic acids is 11. The first-order valence-corrected chi connectivity index (χ1v) is 26.3. The SMILES string of the molecule is CC[C@H](C)[C@@H]1NC(=O)[C@H](Cc2ccc(O)cc2)NC(=O)[C@@H](N(C)C)CSSC[C@@H](C(=O)N2CCC[C@H]2C(=O)N[C@@H](CC(C)C)C(=O)CCC(N)=O)NC(=O)[C@H](CC(N)=O)CC(=O)[C@H](CCC(N)=O)NC1=O. The average Bonchev–Trinajstić information content (AvgIpc) is 3.80. The van der Waals surface area contributed by atoms with E-state index < -0.39 is 132 Å². The second-order valence-corrected chi connectivity index (χ2v) is 21.4. The van der Waals surface area contributed by atoms with Crippen LogP contribution in [0.2, 0.25) is 0 Å². The fourth-order valence-electron chi connectivity index (χ4n) is 8.13. The number of likely N-dealkylation sites (tertiary alicyclic amines) is 1. The molecule has 12 N–H and O–H groups in total. The number of nitrogens with zero attached hydrogens (tertiary/aromatic N) is 2. The van der Waals surface area contributed by atoms with Gasteiger partial charge in [0, 0.05) is 56.6 Å². The number of benzene rings is 1. The highest BCUT2D eigenvalue weighted by molar-refractivity contribution is 8.76. The minimum atomic E-state index is -1.49. The molecule has 9 atom stereocenters. The van der Waals surface area contributed by atoms with E-state index in [1.807, 2.05) is 13.8 Å². The van der Waals surface area contributed by atoms with Gasteiger partial charge in [0.15, 0.2) is 11.6 Å². The number of ketones is 2. The number of primary amides is 3. The van der Waals surface area contributed by atoms with E-state index in [1.54, 1.807) is 45.0 Å². The molecule has 2 saturated heterocycles. The predicted octanol–water partition coefficient (Wildman–Crippen LogP) is -0.682. The van der Waals surface area contributed by atoms with Crippen molar-refractivity contribution in [2.75, 3.05) is 32.1 Å². The maximum atomic E-state index is 14.6. The summed E-state index contributed by atoms with van der Waals surface area (Å²) in [4.78, 5) is 152. The van der Waals surface area contributed by atoms with E-state index in [4.69, 9.17) is 17.2 Å². The minimum absolute atomic E-state index is 0.0251. The van der Waals surface area contributed by atoms with Crippen LogP contribution in [-0.4, -0.2) is 154 Å². The smallest absolute Gasteiger partial charge is 0.246 e. The summed E-state index contributed by atoms with van der Waals surface area (Å²) in [6.07, 6.45) is -1.31. The van der Waals surface area contributed by atoms with Crippen molar-refractivity contribution in [3.63, 3.8) is 0 Å². The quantitative estimate of drug-likeness (QED) is 0.0776. The lowest BCUT2D eigenvalue weighted by Crippen LogP contribution is -2.59. The molecule has 2 aliphatic heterocycles. The zero-order valence-electron chi connectivity index (χ0n) is 41.4. The van der Waals surface area contributed by atoms with E-state index in [-0.39, 0.29) is 74.7 Å². The normalized spacial score (nSPS) is 24.2. The molecule has 24 heteroatoms. The van der Waals surface area contributed by atoms with Crippen LogP contribution < -0.4 is 43.8 Å². The highest BCUT2D eigenvalue weighted by Gasteiger charge is 2.41. The third kappa shape index (κ3) is 19.4. The van der Waals surface area contributed by atoms with Crippen LogP contribution in [0.5, 0.6) is 5.75 Å². The number of phenols is 1. The number of rotatable bonds is 19. The second-order valence-electron chi connectivity index (χ2n) is 18.8. The van der Waals surface area contributed by atoms with Gasteiger partial charge in [0.1, 0.15) is 29.9 Å². The molecule has 1 aromatic carbocycles. The van der Waals surface area contributed by atoms with Crippen LogP contribution in [0.25, 0.3) is 0 Å². The van der Waals surface area contributed by atoms with Gasteiger partial charge in [-0.25, -0.2) is 0 Å². The highest BCUT2D eigenvalue weighted by Crippen LogP contribution is 2.28. The lowest BCUT2D eigenvalue weighted by Gasteiger charge is -2.31. The average molecular weight is 1030 g/mol. The Morgan fingerprint density at radius 3 is 2.03 bits per heavy atom. The van der Waals surface area contributed by atoms with Gasteiger partial charge < -0.3 is 53.8 Å². The van der Waals surface area contributed by atoms with Crippen LogP contribution in [0.3, 0.4) is 0 Å². The van der Waals surface area contributed by atoms with E-state index in [0.717, 1.165) is 10.8 Å². The van der Waals surface area contributed by atoms with Crippen LogP contribution in [-0.2, 0) is 59.2 Å². The van der Waals surface area contributed by atoms with Crippen molar-refractivity contribution in [3.05, 3.63) is 29.8 Å². The van der Waals surface area contributed by atoms with Crippen LogP contribution >= 0.6 is 21.6 Å². The van der Waals surface area contributed by atoms with E-state index in [9.17, 15) is 57.8 Å². The van der Waals surface area contributed by atoms with Gasteiger partial charge in [-0.3, -0.25) is 57.6 Å². The molecule has 9 amide bonds. The summed E-state index contributed by atoms with van der Waals surface area (Å²) in [5, 5.41) is 23.6. The van der Waals surface area contributed by atoms with Gasteiger partial charge in [-0.05, 0) is 69.3 Å². The van der Waals surface area contributed by atoms with Gasteiger partial charge in [0.05, 0.1) is 24.0 Å². The minimum Gasteiger partial charge on any atom is -0.508 e. The molecule has 0 spiro atoms. The van der Waals surface area contributed by atoms with E-state index in [2.05, 4.69) is 26.6 Å². The Bertz CT molecular complexity index is 2090. The summed E-state index contributed by atoms with van der Waals surface area (Å²) in [7, 11) is 5.59. The number of nitrogens with two attached hydrogens (primary N) is 3. The number of likely N-dealkylation sites (N-methyl/N-ethyl adjacent to an activating group) is 1. The number of carbonyl (C=O) groups is 11. The Balaban J connectivity index is 2.10. The van der Waals surface area contributed by atoms with E-state index in [0.29, 0.717) is 18.4 Å². The number of aromatic hydroxyl groups is 1. The van der Waals surface area contributed by atoms with Crippen molar-refractivity contribution in [3.8, 4) is 5.75 Å². The molecule has 0 radical (unpaired) electrons.